The van der Waals surface area contributed by atoms with Crippen LogP contribution in [-0.4, -0.2) is 17.0 Å². The van der Waals surface area contributed by atoms with E-state index in [-0.39, 0.29) is 0 Å². The van der Waals surface area contributed by atoms with E-state index in [0.29, 0.717) is 17.0 Å². The van der Waals surface area contributed by atoms with Crippen molar-refractivity contribution in [2.24, 2.45) is 5.92 Å². The highest BCUT2D eigenvalue weighted by atomic mass is 79.9. The van der Waals surface area contributed by atoms with Crippen LogP contribution in [0.5, 0.6) is 0 Å². The van der Waals surface area contributed by atoms with Gasteiger partial charge in [-0.2, -0.15) is 0 Å². The van der Waals surface area contributed by atoms with Crippen LogP contribution in [0.2, 0.25) is 0 Å². The monoisotopic (exact) mass is 260 g/mol. The minimum absolute atomic E-state index is 0.480. The molecule has 82 valence electrons. The van der Waals surface area contributed by atoms with Gasteiger partial charge in [-0.3, -0.25) is 0 Å². The second-order valence-electron chi connectivity index (χ2n) is 4.87. The van der Waals surface area contributed by atoms with Crippen molar-refractivity contribution in [3.05, 3.63) is 0 Å². The van der Waals surface area contributed by atoms with Crippen LogP contribution in [0.25, 0.3) is 0 Å². The van der Waals surface area contributed by atoms with Crippen LogP contribution in [0.4, 0.5) is 0 Å². The van der Waals surface area contributed by atoms with Crippen molar-refractivity contribution in [2.75, 3.05) is 0 Å². The van der Waals surface area contributed by atoms with E-state index in [1.807, 2.05) is 0 Å². The van der Waals surface area contributed by atoms with Gasteiger partial charge in [-0.15, -0.1) is 0 Å². The zero-order valence-electron chi connectivity index (χ0n) is 9.05. The third-order valence-corrected chi connectivity index (χ3v) is 4.59. The Morgan fingerprint density at radius 3 is 2.50 bits per heavy atom. The maximum absolute atomic E-state index is 6.16. The van der Waals surface area contributed by atoms with Crippen molar-refractivity contribution >= 4 is 15.9 Å². The van der Waals surface area contributed by atoms with E-state index in [0.717, 1.165) is 5.92 Å². The van der Waals surface area contributed by atoms with Gasteiger partial charge in [0, 0.05) is 4.83 Å². The van der Waals surface area contributed by atoms with Gasteiger partial charge in [0.2, 0.25) is 0 Å². The molecule has 14 heavy (non-hydrogen) atoms. The number of hydrogen-bond acceptors (Lipinski definition) is 1. The molecule has 0 spiro atoms. The average Bonchev–Trinajstić information content (AvgIpc) is 2.95. The van der Waals surface area contributed by atoms with Crippen LogP contribution >= 0.6 is 15.9 Å². The molecular weight excluding hydrogens is 240 g/mol. The van der Waals surface area contributed by atoms with E-state index in [1.54, 1.807) is 0 Å². The van der Waals surface area contributed by atoms with Crippen LogP contribution < -0.4 is 0 Å². The van der Waals surface area contributed by atoms with Crippen molar-refractivity contribution in [2.45, 2.75) is 68.9 Å². The highest BCUT2D eigenvalue weighted by molar-refractivity contribution is 9.09. The lowest BCUT2D eigenvalue weighted by Gasteiger charge is -2.24. The molecule has 2 fully saturated rings. The number of rotatable bonds is 3. The lowest BCUT2D eigenvalue weighted by molar-refractivity contribution is -0.0162. The van der Waals surface area contributed by atoms with Crippen molar-refractivity contribution in [1.29, 1.82) is 0 Å². The zero-order valence-corrected chi connectivity index (χ0v) is 10.6. The Bertz CT molecular complexity index is 179. The van der Waals surface area contributed by atoms with Crippen LogP contribution in [0, 0.1) is 5.92 Å². The SMILES string of the molecule is CC(OC1CCCCCC1Br)C1CC1. The normalized spacial score (nSPS) is 36.4. The summed E-state index contributed by atoms with van der Waals surface area (Å²) in [5, 5.41) is 0. The Kier molecular flexibility index (Phi) is 3.89. The second kappa shape index (κ2) is 4.98. The van der Waals surface area contributed by atoms with Crippen LogP contribution in [0.1, 0.15) is 51.9 Å². The van der Waals surface area contributed by atoms with Crippen molar-refractivity contribution in [1.82, 2.24) is 0 Å². The van der Waals surface area contributed by atoms with Gasteiger partial charge in [0.05, 0.1) is 12.2 Å². The molecule has 0 bridgehead atoms. The summed E-state index contributed by atoms with van der Waals surface area (Å²) >= 11 is 3.78. The molecule has 0 saturated heterocycles. The lowest BCUT2D eigenvalue weighted by atomic mass is 10.1. The Morgan fingerprint density at radius 2 is 1.79 bits per heavy atom. The first-order chi connectivity index (χ1) is 6.77. The van der Waals surface area contributed by atoms with Crippen LogP contribution in [0.3, 0.4) is 0 Å². The smallest absolute Gasteiger partial charge is 0.0703 e. The number of halogens is 1. The quantitative estimate of drug-likeness (QED) is 0.553. The first-order valence-corrected chi connectivity index (χ1v) is 6.98. The summed E-state index contributed by atoms with van der Waals surface area (Å²) in [5.41, 5.74) is 0. The molecule has 0 N–H and O–H groups in total. The molecule has 3 atom stereocenters. The molecule has 2 heteroatoms. The molecule has 0 aromatic heterocycles. The Labute approximate surface area is 95.7 Å². The van der Waals surface area contributed by atoms with Gasteiger partial charge in [-0.1, -0.05) is 35.2 Å². The van der Waals surface area contributed by atoms with Gasteiger partial charge in [-0.05, 0) is 38.5 Å². The predicted octanol–water partition coefficient (Wildman–Crippen LogP) is 3.90. The number of ether oxygens (including phenoxy) is 1. The van der Waals surface area contributed by atoms with Gasteiger partial charge in [0.15, 0.2) is 0 Å². The molecule has 0 aliphatic heterocycles. The van der Waals surface area contributed by atoms with Crippen LogP contribution in [-0.2, 0) is 4.74 Å². The molecule has 2 aliphatic rings. The summed E-state index contributed by atoms with van der Waals surface area (Å²) in [5.74, 6) is 0.873. The van der Waals surface area contributed by atoms with Crippen molar-refractivity contribution in [3.63, 3.8) is 0 Å². The fourth-order valence-electron chi connectivity index (χ4n) is 2.33. The summed E-state index contributed by atoms with van der Waals surface area (Å²) in [7, 11) is 0. The molecule has 0 aromatic rings. The average molecular weight is 261 g/mol. The molecular formula is C12H21BrO. The first-order valence-electron chi connectivity index (χ1n) is 6.07. The predicted molar refractivity (Wildman–Crippen MR) is 62.9 cm³/mol. The topological polar surface area (TPSA) is 9.23 Å². The fraction of sp³-hybridized carbons (Fsp3) is 1.00. The van der Waals surface area contributed by atoms with Gasteiger partial charge < -0.3 is 4.74 Å². The standard InChI is InChI=1S/C12H21BrO/c1-9(10-7-8-10)14-12-6-4-2-3-5-11(12)13/h9-12H,2-8H2,1H3. The van der Waals surface area contributed by atoms with E-state index in [1.165, 1.54) is 44.9 Å². The highest BCUT2D eigenvalue weighted by Crippen LogP contribution is 2.36. The molecule has 2 rings (SSSR count). The third-order valence-electron chi connectivity index (χ3n) is 3.55. The van der Waals surface area contributed by atoms with E-state index in [9.17, 15) is 0 Å². The van der Waals surface area contributed by atoms with E-state index < -0.39 is 0 Å². The van der Waals surface area contributed by atoms with Crippen molar-refractivity contribution < 1.29 is 4.74 Å². The summed E-state index contributed by atoms with van der Waals surface area (Å²) in [6.07, 6.45) is 10.4. The van der Waals surface area contributed by atoms with E-state index >= 15 is 0 Å². The molecule has 1 nitrogen and oxygen atoms in total. The Balaban J connectivity index is 1.80. The minimum Gasteiger partial charge on any atom is -0.374 e. The van der Waals surface area contributed by atoms with Gasteiger partial charge in [-0.25, -0.2) is 0 Å². The maximum atomic E-state index is 6.16. The third kappa shape index (κ3) is 2.96. The van der Waals surface area contributed by atoms with E-state index in [2.05, 4.69) is 22.9 Å². The van der Waals surface area contributed by atoms with E-state index in [4.69, 9.17) is 4.74 Å². The fourth-order valence-corrected chi connectivity index (χ4v) is 3.05. The van der Waals surface area contributed by atoms with Crippen LogP contribution in [0.15, 0.2) is 0 Å². The molecule has 0 aromatic carbocycles. The minimum atomic E-state index is 0.480. The Hall–Kier alpha value is 0.440. The van der Waals surface area contributed by atoms with Gasteiger partial charge >= 0.3 is 0 Å². The number of hydrogen-bond donors (Lipinski definition) is 0. The number of alkyl halides is 1. The molecule has 0 heterocycles. The first kappa shape index (κ1) is 10.9. The molecule has 2 saturated carbocycles. The zero-order chi connectivity index (χ0) is 9.97. The summed E-state index contributed by atoms with van der Waals surface area (Å²) in [6.45, 7) is 2.25. The largest absolute Gasteiger partial charge is 0.374 e. The summed E-state index contributed by atoms with van der Waals surface area (Å²) in [6, 6.07) is 0. The highest BCUT2D eigenvalue weighted by Gasteiger charge is 2.32. The maximum Gasteiger partial charge on any atom is 0.0703 e. The Morgan fingerprint density at radius 1 is 1.07 bits per heavy atom. The molecule has 0 radical (unpaired) electrons. The van der Waals surface area contributed by atoms with Crippen molar-refractivity contribution in [3.8, 4) is 0 Å². The molecule has 2 aliphatic carbocycles. The van der Waals surface area contributed by atoms with Gasteiger partial charge in [0.1, 0.15) is 0 Å². The summed E-state index contributed by atoms with van der Waals surface area (Å²) < 4.78 is 6.16. The molecule has 3 unspecified atom stereocenters. The second-order valence-corrected chi connectivity index (χ2v) is 6.05. The lowest BCUT2D eigenvalue weighted by Crippen LogP contribution is -2.28. The molecule has 0 amide bonds. The summed E-state index contributed by atoms with van der Waals surface area (Å²) in [4.78, 5) is 0.603. The van der Waals surface area contributed by atoms with Gasteiger partial charge in [0.25, 0.3) is 0 Å².